The van der Waals surface area contributed by atoms with Crippen LogP contribution < -0.4 is 4.74 Å². The first kappa shape index (κ1) is 16.0. The number of methoxy groups -OCH3 is 1. The highest BCUT2D eigenvalue weighted by molar-refractivity contribution is 9.10. The number of carbonyl (C=O) groups is 2. The number of esters is 2. The first-order valence-electron chi connectivity index (χ1n) is 6.43. The second kappa shape index (κ2) is 7.56. The van der Waals surface area contributed by atoms with E-state index < -0.39 is 11.9 Å². The topological polar surface area (TPSA) is 52.6 Å². The summed E-state index contributed by atoms with van der Waals surface area (Å²) in [6.07, 6.45) is 3.01. The zero-order valence-corrected chi connectivity index (χ0v) is 13.4. The predicted octanol–water partition coefficient (Wildman–Crippen LogP) is 3.85. The average Bonchev–Trinajstić information content (AvgIpc) is 2.55. The molecule has 22 heavy (non-hydrogen) atoms. The van der Waals surface area contributed by atoms with Crippen LogP contribution in [0.3, 0.4) is 0 Å². The minimum atomic E-state index is -0.504. The van der Waals surface area contributed by atoms with Crippen molar-refractivity contribution in [2.45, 2.75) is 0 Å². The van der Waals surface area contributed by atoms with Crippen molar-refractivity contribution in [1.29, 1.82) is 0 Å². The third-order valence-electron chi connectivity index (χ3n) is 2.77. The molecule has 0 N–H and O–H groups in total. The summed E-state index contributed by atoms with van der Waals surface area (Å²) in [5.74, 6) is -0.631. The van der Waals surface area contributed by atoms with Gasteiger partial charge in [0.1, 0.15) is 5.75 Å². The van der Waals surface area contributed by atoms with E-state index >= 15 is 0 Å². The highest BCUT2D eigenvalue weighted by Gasteiger charge is 2.10. The van der Waals surface area contributed by atoms with Gasteiger partial charge in [0.2, 0.25) is 0 Å². The maximum atomic E-state index is 11.8. The number of benzene rings is 2. The number of rotatable bonds is 4. The van der Waals surface area contributed by atoms with Crippen LogP contribution in [0.1, 0.15) is 15.9 Å². The molecule has 0 unspecified atom stereocenters. The standard InChI is InChI=1S/C17H13BrO4/c1-21-17(20)13-8-9-15(14(18)11-13)22-16(19)10-7-12-5-3-2-4-6-12/h2-11H,1H3. The Hall–Kier alpha value is -2.40. The summed E-state index contributed by atoms with van der Waals surface area (Å²) in [5, 5.41) is 0. The van der Waals surface area contributed by atoms with Crippen molar-refractivity contribution in [2.24, 2.45) is 0 Å². The van der Waals surface area contributed by atoms with Crippen LogP contribution >= 0.6 is 15.9 Å². The Morgan fingerprint density at radius 3 is 2.45 bits per heavy atom. The van der Waals surface area contributed by atoms with Crippen LogP contribution in [-0.2, 0) is 9.53 Å². The van der Waals surface area contributed by atoms with Gasteiger partial charge in [0.05, 0.1) is 17.1 Å². The monoisotopic (exact) mass is 360 g/mol. The summed E-state index contributed by atoms with van der Waals surface area (Å²) in [5.41, 5.74) is 1.27. The summed E-state index contributed by atoms with van der Waals surface area (Å²) < 4.78 is 10.3. The fourth-order valence-electron chi connectivity index (χ4n) is 1.70. The molecule has 0 aromatic heterocycles. The van der Waals surface area contributed by atoms with Gasteiger partial charge in [-0.25, -0.2) is 9.59 Å². The lowest BCUT2D eigenvalue weighted by Gasteiger charge is -2.06. The third kappa shape index (κ3) is 4.30. The van der Waals surface area contributed by atoms with Crippen LogP contribution in [0.15, 0.2) is 59.1 Å². The molecule has 0 spiro atoms. The molecule has 0 radical (unpaired) electrons. The highest BCUT2D eigenvalue weighted by atomic mass is 79.9. The van der Waals surface area contributed by atoms with Crippen LogP contribution in [0.4, 0.5) is 0 Å². The molecule has 2 aromatic rings. The van der Waals surface area contributed by atoms with Gasteiger partial charge < -0.3 is 9.47 Å². The predicted molar refractivity (Wildman–Crippen MR) is 86.6 cm³/mol. The Morgan fingerprint density at radius 2 is 1.82 bits per heavy atom. The molecule has 0 bridgehead atoms. The lowest BCUT2D eigenvalue weighted by molar-refractivity contribution is -0.128. The van der Waals surface area contributed by atoms with Gasteiger partial charge in [0.25, 0.3) is 0 Å². The van der Waals surface area contributed by atoms with Crippen molar-refractivity contribution in [3.63, 3.8) is 0 Å². The van der Waals surface area contributed by atoms with Gasteiger partial charge in [-0.2, -0.15) is 0 Å². The zero-order chi connectivity index (χ0) is 15.9. The third-order valence-corrected chi connectivity index (χ3v) is 3.39. The molecule has 0 aliphatic carbocycles. The van der Waals surface area contributed by atoms with E-state index in [1.54, 1.807) is 6.08 Å². The van der Waals surface area contributed by atoms with Gasteiger partial charge >= 0.3 is 11.9 Å². The molecule has 2 rings (SSSR count). The number of carbonyl (C=O) groups excluding carboxylic acids is 2. The van der Waals surface area contributed by atoms with Gasteiger partial charge in [-0.05, 0) is 45.8 Å². The average molecular weight is 361 g/mol. The Balaban J connectivity index is 2.06. The van der Waals surface area contributed by atoms with Crippen molar-refractivity contribution in [2.75, 3.05) is 7.11 Å². The van der Waals surface area contributed by atoms with Crippen molar-refractivity contribution < 1.29 is 19.1 Å². The van der Waals surface area contributed by atoms with Gasteiger partial charge in [0, 0.05) is 6.08 Å². The maximum Gasteiger partial charge on any atom is 0.337 e. The molecule has 0 saturated heterocycles. The van der Waals surface area contributed by atoms with E-state index in [9.17, 15) is 9.59 Å². The summed E-state index contributed by atoms with van der Waals surface area (Å²) in [6.45, 7) is 0. The van der Waals surface area contributed by atoms with E-state index in [0.29, 0.717) is 15.8 Å². The molecule has 0 aliphatic heterocycles. The minimum Gasteiger partial charge on any atom is -0.465 e. The van der Waals surface area contributed by atoms with Crippen molar-refractivity contribution in [3.05, 3.63) is 70.2 Å². The smallest absolute Gasteiger partial charge is 0.337 e. The fraction of sp³-hybridized carbons (Fsp3) is 0.0588. The van der Waals surface area contributed by atoms with E-state index in [-0.39, 0.29) is 0 Å². The first-order valence-corrected chi connectivity index (χ1v) is 7.22. The maximum absolute atomic E-state index is 11.8. The molecule has 4 nitrogen and oxygen atoms in total. The van der Waals surface area contributed by atoms with Gasteiger partial charge in [0.15, 0.2) is 0 Å². The van der Waals surface area contributed by atoms with Crippen LogP contribution in [0.25, 0.3) is 6.08 Å². The summed E-state index contributed by atoms with van der Waals surface area (Å²) in [4.78, 5) is 23.2. The van der Waals surface area contributed by atoms with Crippen LogP contribution in [0.2, 0.25) is 0 Å². The molecular formula is C17H13BrO4. The van der Waals surface area contributed by atoms with E-state index in [1.165, 1.54) is 31.4 Å². The summed E-state index contributed by atoms with van der Waals surface area (Å²) in [7, 11) is 1.30. The fourth-order valence-corrected chi connectivity index (χ4v) is 2.16. The van der Waals surface area contributed by atoms with Crippen molar-refractivity contribution >= 4 is 33.9 Å². The number of hydrogen-bond donors (Lipinski definition) is 0. The molecule has 0 aliphatic rings. The first-order chi connectivity index (χ1) is 10.6. The number of ether oxygens (including phenoxy) is 2. The summed E-state index contributed by atoms with van der Waals surface area (Å²) in [6, 6.07) is 14.0. The van der Waals surface area contributed by atoms with Gasteiger partial charge in [-0.3, -0.25) is 0 Å². The van der Waals surface area contributed by atoms with E-state index in [2.05, 4.69) is 20.7 Å². The molecule has 2 aromatic carbocycles. The molecular weight excluding hydrogens is 348 g/mol. The van der Waals surface area contributed by atoms with Crippen LogP contribution in [0, 0.1) is 0 Å². The largest absolute Gasteiger partial charge is 0.465 e. The van der Waals surface area contributed by atoms with Gasteiger partial charge in [-0.1, -0.05) is 30.3 Å². The lowest BCUT2D eigenvalue weighted by Crippen LogP contribution is -2.06. The molecule has 5 heteroatoms. The Kier molecular flexibility index (Phi) is 5.49. The van der Waals surface area contributed by atoms with Gasteiger partial charge in [-0.15, -0.1) is 0 Å². The molecule has 0 atom stereocenters. The molecule has 0 amide bonds. The Labute approximate surface area is 136 Å². The highest BCUT2D eigenvalue weighted by Crippen LogP contribution is 2.26. The summed E-state index contributed by atoms with van der Waals surface area (Å²) >= 11 is 3.26. The molecule has 0 fully saturated rings. The second-order valence-electron chi connectivity index (χ2n) is 4.30. The van der Waals surface area contributed by atoms with Crippen molar-refractivity contribution in [3.8, 4) is 5.75 Å². The molecule has 0 saturated carbocycles. The van der Waals surface area contributed by atoms with Crippen LogP contribution in [-0.4, -0.2) is 19.0 Å². The minimum absolute atomic E-state index is 0.329. The Morgan fingerprint density at radius 1 is 1.09 bits per heavy atom. The van der Waals surface area contributed by atoms with Crippen LogP contribution in [0.5, 0.6) is 5.75 Å². The SMILES string of the molecule is COC(=O)c1ccc(OC(=O)C=Cc2ccccc2)c(Br)c1. The van der Waals surface area contributed by atoms with E-state index in [4.69, 9.17) is 4.74 Å². The van der Waals surface area contributed by atoms with E-state index in [0.717, 1.165) is 5.56 Å². The quantitative estimate of drug-likeness (QED) is 0.472. The Bertz CT molecular complexity index is 708. The van der Waals surface area contributed by atoms with Crippen molar-refractivity contribution in [1.82, 2.24) is 0 Å². The number of halogens is 1. The second-order valence-corrected chi connectivity index (χ2v) is 5.16. The normalized spacial score (nSPS) is 10.5. The molecule has 0 heterocycles. The lowest BCUT2D eigenvalue weighted by atomic mass is 10.2. The molecule has 112 valence electrons. The number of hydrogen-bond acceptors (Lipinski definition) is 4. The zero-order valence-electron chi connectivity index (χ0n) is 11.8. The van der Waals surface area contributed by atoms with E-state index in [1.807, 2.05) is 30.3 Å².